The van der Waals surface area contributed by atoms with Crippen LogP contribution >= 0.6 is 0 Å². The van der Waals surface area contributed by atoms with Gasteiger partial charge in [-0.3, -0.25) is 0 Å². The first-order chi connectivity index (χ1) is 9.67. The molecule has 2 aromatic rings. The minimum Gasteiger partial charge on any atom is -0.381 e. The molecule has 0 amide bonds. The second kappa shape index (κ2) is 4.30. The first kappa shape index (κ1) is 12.4. The fraction of sp³-hybridized carbons (Fsp3) is 0.562. The molecule has 2 N–H and O–H groups in total. The van der Waals surface area contributed by atoms with E-state index in [2.05, 4.69) is 29.7 Å². The van der Waals surface area contributed by atoms with E-state index in [9.17, 15) is 0 Å². The smallest absolute Gasteiger partial charge is 0.130 e. The average molecular weight is 271 g/mol. The quantitative estimate of drug-likeness (QED) is 0.913. The van der Waals surface area contributed by atoms with Crippen LogP contribution < -0.4 is 5.73 Å². The maximum Gasteiger partial charge on any atom is 0.130 e. The van der Waals surface area contributed by atoms with Crippen LogP contribution in [0.2, 0.25) is 0 Å². The van der Waals surface area contributed by atoms with Gasteiger partial charge < -0.3 is 15.0 Å². The van der Waals surface area contributed by atoms with Gasteiger partial charge in [0.05, 0.1) is 16.6 Å². The van der Waals surface area contributed by atoms with E-state index in [1.165, 1.54) is 23.9 Å². The standard InChI is InChI=1S/C16H21N3O/c1-11-2-5-14-13(10-11)18-15(19(14)12-3-4-12)16(17)6-8-20-9-7-16/h2,5,10,12H,3-4,6-9,17H2,1H3. The normalized spacial score (nSPS) is 22.3. The lowest BCUT2D eigenvalue weighted by atomic mass is 9.90. The van der Waals surface area contributed by atoms with Crippen LogP contribution in [0.3, 0.4) is 0 Å². The van der Waals surface area contributed by atoms with Crippen LogP contribution in [0.4, 0.5) is 0 Å². The average Bonchev–Trinajstić information content (AvgIpc) is 3.20. The number of imidazole rings is 1. The molecule has 1 aliphatic heterocycles. The molecule has 1 aliphatic carbocycles. The second-order valence-electron chi connectivity index (χ2n) is 6.30. The molecule has 1 saturated carbocycles. The van der Waals surface area contributed by atoms with E-state index >= 15 is 0 Å². The maximum atomic E-state index is 6.69. The molecule has 106 valence electrons. The number of ether oxygens (including phenoxy) is 1. The van der Waals surface area contributed by atoms with Gasteiger partial charge in [-0.15, -0.1) is 0 Å². The fourth-order valence-electron chi connectivity index (χ4n) is 3.22. The van der Waals surface area contributed by atoms with Crippen molar-refractivity contribution in [2.45, 2.75) is 44.2 Å². The van der Waals surface area contributed by atoms with Gasteiger partial charge in [0.2, 0.25) is 0 Å². The first-order valence-electron chi connectivity index (χ1n) is 7.53. The Morgan fingerprint density at radius 2 is 2.05 bits per heavy atom. The Bertz CT molecular complexity index is 651. The monoisotopic (exact) mass is 271 g/mol. The molecule has 0 bridgehead atoms. The van der Waals surface area contributed by atoms with Gasteiger partial charge in [-0.05, 0) is 50.3 Å². The Kier molecular flexibility index (Phi) is 2.66. The van der Waals surface area contributed by atoms with Crippen molar-refractivity contribution >= 4 is 11.0 Å². The van der Waals surface area contributed by atoms with Gasteiger partial charge in [0.25, 0.3) is 0 Å². The molecule has 0 spiro atoms. The first-order valence-corrected chi connectivity index (χ1v) is 7.53. The van der Waals surface area contributed by atoms with Crippen molar-refractivity contribution in [3.05, 3.63) is 29.6 Å². The number of aryl methyl sites for hydroxylation is 1. The van der Waals surface area contributed by atoms with E-state index in [0.29, 0.717) is 6.04 Å². The third-order valence-corrected chi connectivity index (χ3v) is 4.59. The summed E-state index contributed by atoms with van der Waals surface area (Å²) in [6, 6.07) is 7.13. The molecule has 1 aromatic carbocycles. The third-order valence-electron chi connectivity index (χ3n) is 4.59. The summed E-state index contributed by atoms with van der Waals surface area (Å²) in [6.45, 7) is 3.59. The lowest BCUT2D eigenvalue weighted by Crippen LogP contribution is -2.44. The summed E-state index contributed by atoms with van der Waals surface area (Å²) >= 11 is 0. The SMILES string of the molecule is Cc1ccc2c(c1)nc(C1(N)CCOCC1)n2C1CC1. The molecular weight excluding hydrogens is 250 g/mol. The van der Waals surface area contributed by atoms with Crippen molar-refractivity contribution in [3.63, 3.8) is 0 Å². The van der Waals surface area contributed by atoms with Gasteiger partial charge in [-0.2, -0.15) is 0 Å². The van der Waals surface area contributed by atoms with Crippen molar-refractivity contribution < 1.29 is 4.74 Å². The highest BCUT2D eigenvalue weighted by molar-refractivity contribution is 5.77. The fourth-order valence-corrected chi connectivity index (χ4v) is 3.22. The highest BCUT2D eigenvalue weighted by Gasteiger charge is 2.38. The number of nitrogens with two attached hydrogens (primary N) is 1. The molecule has 1 saturated heterocycles. The van der Waals surface area contributed by atoms with Gasteiger partial charge in [0.1, 0.15) is 5.82 Å². The molecule has 2 aliphatic rings. The predicted octanol–water partition coefficient (Wildman–Crippen LogP) is 2.64. The van der Waals surface area contributed by atoms with Crippen molar-refractivity contribution in [1.29, 1.82) is 0 Å². The Hall–Kier alpha value is -1.39. The number of aromatic nitrogens is 2. The minimum absolute atomic E-state index is 0.326. The number of hydrogen-bond donors (Lipinski definition) is 1. The van der Waals surface area contributed by atoms with E-state index in [0.717, 1.165) is 37.4 Å². The van der Waals surface area contributed by atoms with Crippen LogP contribution in [-0.2, 0) is 10.3 Å². The maximum absolute atomic E-state index is 6.69. The zero-order valence-corrected chi connectivity index (χ0v) is 11.9. The van der Waals surface area contributed by atoms with E-state index in [1.807, 2.05) is 0 Å². The number of nitrogens with zero attached hydrogens (tertiary/aromatic N) is 2. The summed E-state index contributed by atoms with van der Waals surface area (Å²) < 4.78 is 7.88. The van der Waals surface area contributed by atoms with Crippen LogP contribution in [-0.4, -0.2) is 22.8 Å². The molecular formula is C16H21N3O. The van der Waals surface area contributed by atoms with Crippen molar-refractivity contribution in [2.75, 3.05) is 13.2 Å². The highest BCUT2D eigenvalue weighted by atomic mass is 16.5. The lowest BCUT2D eigenvalue weighted by molar-refractivity contribution is 0.0480. The molecule has 4 nitrogen and oxygen atoms in total. The van der Waals surface area contributed by atoms with Crippen LogP contribution in [0.5, 0.6) is 0 Å². The Morgan fingerprint density at radius 1 is 1.30 bits per heavy atom. The molecule has 2 fully saturated rings. The molecule has 4 rings (SSSR count). The number of rotatable bonds is 2. The zero-order valence-electron chi connectivity index (χ0n) is 11.9. The second-order valence-corrected chi connectivity index (χ2v) is 6.30. The van der Waals surface area contributed by atoms with E-state index < -0.39 is 0 Å². The minimum atomic E-state index is -0.326. The number of fused-ring (bicyclic) bond motifs is 1. The molecule has 4 heteroatoms. The van der Waals surface area contributed by atoms with E-state index in [4.69, 9.17) is 15.5 Å². The van der Waals surface area contributed by atoms with Crippen molar-refractivity contribution in [3.8, 4) is 0 Å². The molecule has 2 heterocycles. The van der Waals surface area contributed by atoms with E-state index in [-0.39, 0.29) is 5.54 Å². The van der Waals surface area contributed by atoms with Gasteiger partial charge >= 0.3 is 0 Å². The van der Waals surface area contributed by atoms with Crippen LogP contribution in [0.25, 0.3) is 11.0 Å². The lowest BCUT2D eigenvalue weighted by Gasteiger charge is -2.33. The largest absolute Gasteiger partial charge is 0.381 e. The molecule has 0 unspecified atom stereocenters. The van der Waals surface area contributed by atoms with Gasteiger partial charge in [0.15, 0.2) is 0 Å². The summed E-state index contributed by atoms with van der Waals surface area (Å²) in [5.41, 5.74) is 9.94. The predicted molar refractivity (Wildman–Crippen MR) is 78.7 cm³/mol. The van der Waals surface area contributed by atoms with Gasteiger partial charge in [-0.25, -0.2) is 4.98 Å². The molecule has 20 heavy (non-hydrogen) atoms. The van der Waals surface area contributed by atoms with E-state index in [1.54, 1.807) is 0 Å². The van der Waals surface area contributed by atoms with Gasteiger partial charge in [-0.1, -0.05) is 6.07 Å². The molecule has 0 radical (unpaired) electrons. The van der Waals surface area contributed by atoms with Crippen LogP contribution in [0, 0.1) is 6.92 Å². The number of benzene rings is 1. The molecule has 1 aromatic heterocycles. The Morgan fingerprint density at radius 3 is 2.75 bits per heavy atom. The number of hydrogen-bond acceptors (Lipinski definition) is 3. The topological polar surface area (TPSA) is 53.1 Å². The highest BCUT2D eigenvalue weighted by Crippen LogP contribution is 2.42. The van der Waals surface area contributed by atoms with Crippen LogP contribution in [0.1, 0.15) is 43.1 Å². The summed E-state index contributed by atoms with van der Waals surface area (Å²) in [7, 11) is 0. The van der Waals surface area contributed by atoms with Crippen molar-refractivity contribution in [2.24, 2.45) is 5.73 Å². The zero-order chi connectivity index (χ0) is 13.7. The van der Waals surface area contributed by atoms with Crippen molar-refractivity contribution in [1.82, 2.24) is 9.55 Å². The summed E-state index contributed by atoms with van der Waals surface area (Å²) in [4.78, 5) is 4.91. The Labute approximate surface area is 118 Å². The summed E-state index contributed by atoms with van der Waals surface area (Å²) in [5, 5.41) is 0. The molecule has 0 atom stereocenters. The summed E-state index contributed by atoms with van der Waals surface area (Å²) in [6.07, 6.45) is 4.22. The Balaban J connectivity index is 1.91. The third kappa shape index (κ3) is 1.86. The summed E-state index contributed by atoms with van der Waals surface area (Å²) in [5.74, 6) is 1.07. The van der Waals surface area contributed by atoms with Crippen LogP contribution in [0.15, 0.2) is 18.2 Å². The van der Waals surface area contributed by atoms with Gasteiger partial charge in [0, 0.05) is 19.3 Å².